The number of aromatic nitrogens is 2. The number of hydrogen-bond acceptors (Lipinski definition) is 3. The SMILES string of the molecule is C=C(OC(=O)C(C)(C)Cn1nc(-c2ccccc2)c2cc(CC)ccc21)C(F)(F)F. The van der Waals surface area contributed by atoms with Crippen molar-refractivity contribution in [3.63, 3.8) is 0 Å². The number of carbonyl (C=O) groups excluding carboxylic acids is 1. The lowest BCUT2D eigenvalue weighted by Crippen LogP contribution is -2.33. The largest absolute Gasteiger partial charge is 0.449 e. The van der Waals surface area contributed by atoms with Crippen LogP contribution in [0.3, 0.4) is 0 Å². The van der Waals surface area contributed by atoms with Crippen molar-refractivity contribution in [1.82, 2.24) is 9.78 Å². The van der Waals surface area contributed by atoms with E-state index in [1.807, 2.05) is 42.5 Å². The number of fused-ring (bicyclic) bond motifs is 1. The molecule has 0 saturated carbocycles. The van der Waals surface area contributed by atoms with Gasteiger partial charge in [-0.15, -0.1) is 0 Å². The van der Waals surface area contributed by atoms with Gasteiger partial charge >= 0.3 is 12.1 Å². The first kappa shape index (κ1) is 21.6. The summed E-state index contributed by atoms with van der Waals surface area (Å²) >= 11 is 0. The van der Waals surface area contributed by atoms with E-state index in [0.29, 0.717) is 0 Å². The van der Waals surface area contributed by atoms with Crippen molar-refractivity contribution in [2.75, 3.05) is 0 Å². The van der Waals surface area contributed by atoms with Crippen molar-refractivity contribution in [2.24, 2.45) is 5.41 Å². The second kappa shape index (κ2) is 7.97. The average molecular weight is 416 g/mol. The van der Waals surface area contributed by atoms with Crippen LogP contribution in [0.25, 0.3) is 22.2 Å². The van der Waals surface area contributed by atoms with Gasteiger partial charge in [0.2, 0.25) is 5.76 Å². The van der Waals surface area contributed by atoms with Crippen molar-refractivity contribution in [3.8, 4) is 11.3 Å². The van der Waals surface area contributed by atoms with Crippen LogP contribution >= 0.6 is 0 Å². The van der Waals surface area contributed by atoms with Gasteiger partial charge in [0.15, 0.2) is 0 Å². The summed E-state index contributed by atoms with van der Waals surface area (Å²) in [6, 6.07) is 15.6. The first-order valence-corrected chi connectivity index (χ1v) is 9.56. The minimum atomic E-state index is -4.79. The molecule has 0 spiro atoms. The predicted molar refractivity (Wildman–Crippen MR) is 110 cm³/mol. The Labute approximate surface area is 173 Å². The van der Waals surface area contributed by atoms with E-state index in [0.717, 1.165) is 34.1 Å². The fourth-order valence-electron chi connectivity index (χ4n) is 3.12. The van der Waals surface area contributed by atoms with Gasteiger partial charge in [-0.05, 0) is 38.0 Å². The van der Waals surface area contributed by atoms with Crippen LogP contribution in [-0.4, -0.2) is 21.9 Å². The lowest BCUT2D eigenvalue weighted by atomic mass is 9.93. The zero-order chi connectivity index (χ0) is 22.1. The number of benzene rings is 2. The number of nitrogens with zero attached hydrogens (tertiary/aromatic N) is 2. The summed E-state index contributed by atoms with van der Waals surface area (Å²) in [5, 5.41) is 5.62. The minimum Gasteiger partial charge on any atom is -0.422 e. The topological polar surface area (TPSA) is 44.1 Å². The van der Waals surface area contributed by atoms with Crippen molar-refractivity contribution < 1.29 is 22.7 Å². The molecule has 158 valence electrons. The van der Waals surface area contributed by atoms with Crippen LogP contribution < -0.4 is 0 Å². The second-order valence-electron chi connectivity index (χ2n) is 7.77. The number of esters is 1. The second-order valence-corrected chi connectivity index (χ2v) is 7.77. The van der Waals surface area contributed by atoms with E-state index in [-0.39, 0.29) is 6.54 Å². The van der Waals surface area contributed by atoms with Gasteiger partial charge in [-0.1, -0.05) is 49.9 Å². The average Bonchev–Trinajstić information content (AvgIpc) is 3.04. The maximum atomic E-state index is 12.7. The van der Waals surface area contributed by atoms with Crippen molar-refractivity contribution in [2.45, 2.75) is 39.9 Å². The van der Waals surface area contributed by atoms with E-state index in [1.165, 1.54) is 13.8 Å². The molecule has 4 nitrogen and oxygen atoms in total. The Morgan fingerprint density at radius 1 is 1.13 bits per heavy atom. The molecular weight excluding hydrogens is 393 g/mol. The number of alkyl halides is 3. The molecule has 0 aliphatic rings. The maximum absolute atomic E-state index is 12.7. The van der Waals surface area contributed by atoms with E-state index in [9.17, 15) is 18.0 Å². The smallest absolute Gasteiger partial charge is 0.422 e. The molecule has 0 fully saturated rings. The Balaban J connectivity index is 2.00. The highest BCUT2D eigenvalue weighted by atomic mass is 19.4. The molecule has 0 aliphatic heterocycles. The van der Waals surface area contributed by atoms with E-state index >= 15 is 0 Å². The molecule has 0 aliphatic carbocycles. The molecule has 30 heavy (non-hydrogen) atoms. The van der Waals surface area contributed by atoms with Crippen molar-refractivity contribution in [1.29, 1.82) is 0 Å². The van der Waals surface area contributed by atoms with Gasteiger partial charge in [-0.3, -0.25) is 9.48 Å². The monoisotopic (exact) mass is 416 g/mol. The molecule has 2 aromatic carbocycles. The third-order valence-electron chi connectivity index (χ3n) is 4.90. The lowest BCUT2D eigenvalue weighted by molar-refractivity contribution is -0.168. The lowest BCUT2D eigenvalue weighted by Gasteiger charge is -2.23. The summed E-state index contributed by atoms with van der Waals surface area (Å²) in [7, 11) is 0. The van der Waals surface area contributed by atoms with Gasteiger partial charge in [-0.25, -0.2) is 0 Å². The molecule has 0 radical (unpaired) electrons. The molecule has 0 amide bonds. The Kier molecular flexibility index (Phi) is 5.74. The maximum Gasteiger partial charge on any atom is 0.449 e. The molecule has 0 saturated heterocycles. The van der Waals surface area contributed by atoms with Gasteiger partial charge < -0.3 is 4.74 Å². The van der Waals surface area contributed by atoms with Crippen LogP contribution in [0.15, 0.2) is 60.9 Å². The summed E-state index contributed by atoms with van der Waals surface area (Å²) in [5.41, 5.74) is 2.34. The molecule has 1 aromatic heterocycles. The molecule has 0 N–H and O–H groups in total. The fourth-order valence-corrected chi connectivity index (χ4v) is 3.12. The van der Waals surface area contributed by atoms with Gasteiger partial charge in [0.25, 0.3) is 0 Å². The van der Waals surface area contributed by atoms with Gasteiger partial charge in [-0.2, -0.15) is 18.3 Å². The minimum absolute atomic E-state index is 0.0474. The Hall–Kier alpha value is -3.09. The molecule has 0 atom stereocenters. The first-order valence-electron chi connectivity index (χ1n) is 9.56. The molecular formula is C23H23F3N2O2. The summed E-state index contributed by atoms with van der Waals surface area (Å²) in [5.74, 6) is -2.54. The molecule has 1 heterocycles. The number of carbonyl (C=O) groups is 1. The predicted octanol–water partition coefficient (Wildman–Crippen LogP) is 5.91. The van der Waals surface area contributed by atoms with Crippen LogP contribution in [0.2, 0.25) is 0 Å². The van der Waals surface area contributed by atoms with Crippen molar-refractivity contribution >= 4 is 16.9 Å². The summed E-state index contributed by atoms with van der Waals surface area (Å²) in [4.78, 5) is 12.4. The summed E-state index contributed by atoms with van der Waals surface area (Å²) < 4.78 is 44.2. The van der Waals surface area contributed by atoms with E-state index in [1.54, 1.807) is 4.68 Å². The molecule has 3 rings (SSSR count). The van der Waals surface area contributed by atoms with Crippen LogP contribution in [0.4, 0.5) is 13.2 Å². The Bertz CT molecular complexity index is 1080. The number of ether oxygens (including phenoxy) is 1. The zero-order valence-electron chi connectivity index (χ0n) is 17.1. The first-order chi connectivity index (χ1) is 14.0. The van der Waals surface area contributed by atoms with Crippen molar-refractivity contribution in [3.05, 3.63) is 66.4 Å². The summed E-state index contributed by atoms with van der Waals surface area (Å²) in [6.45, 7) is 7.96. The number of hydrogen-bond donors (Lipinski definition) is 0. The standard InChI is InChI=1S/C23H23F3N2O2/c1-5-16-11-12-19-18(13-16)20(17-9-7-6-8-10-17)27-28(19)14-22(3,4)21(29)30-15(2)23(24,25)26/h6-13H,2,5,14H2,1,3-4H3. The number of rotatable bonds is 6. The fraction of sp³-hybridized carbons (Fsp3) is 0.304. The normalized spacial score (nSPS) is 12.2. The van der Waals surface area contributed by atoms with Crippen LogP contribution in [0.1, 0.15) is 26.3 Å². The quantitative estimate of drug-likeness (QED) is 0.371. The zero-order valence-corrected chi connectivity index (χ0v) is 17.1. The van der Waals surface area contributed by atoms with Crippen LogP contribution in [-0.2, 0) is 22.5 Å². The van der Waals surface area contributed by atoms with E-state index in [2.05, 4.69) is 24.3 Å². The number of allylic oxidation sites excluding steroid dienone is 1. The number of halogens is 3. The van der Waals surface area contributed by atoms with E-state index in [4.69, 9.17) is 5.10 Å². The summed E-state index contributed by atoms with van der Waals surface area (Å²) in [6.07, 6.45) is -3.94. The highest BCUT2D eigenvalue weighted by Crippen LogP contribution is 2.33. The third-order valence-corrected chi connectivity index (χ3v) is 4.90. The molecule has 0 bridgehead atoms. The Morgan fingerprint density at radius 3 is 2.40 bits per heavy atom. The molecule has 0 unspecified atom stereocenters. The highest BCUT2D eigenvalue weighted by molar-refractivity contribution is 5.94. The van der Waals surface area contributed by atoms with E-state index < -0.39 is 23.3 Å². The van der Waals surface area contributed by atoms with Gasteiger partial charge in [0, 0.05) is 10.9 Å². The Morgan fingerprint density at radius 2 is 1.80 bits per heavy atom. The third kappa shape index (κ3) is 4.40. The molecule has 3 aromatic rings. The van der Waals surface area contributed by atoms with Crippen LogP contribution in [0.5, 0.6) is 0 Å². The highest BCUT2D eigenvalue weighted by Gasteiger charge is 2.39. The molecule has 7 heteroatoms. The van der Waals surface area contributed by atoms with Gasteiger partial charge in [0.05, 0.1) is 17.5 Å². The van der Waals surface area contributed by atoms with Crippen LogP contribution in [0, 0.1) is 5.41 Å². The van der Waals surface area contributed by atoms with Gasteiger partial charge in [0.1, 0.15) is 5.69 Å². The number of aryl methyl sites for hydroxylation is 1.